The topological polar surface area (TPSA) is 96.5 Å². The molecule has 33 heavy (non-hydrogen) atoms. The average molecular weight is 484 g/mol. The average Bonchev–Trinajstić information content (AvgIpc) is 2.82. The van der Waals surface area contributed by atoms with Gasteiger partial charge in [0, 0.05) is 12.2 Å². The molecule has 9 heteroatoms. The zero-order valence-electron chi connectivity index (χ0n) is 18.1. The molecule has 0 unspecified atom stereocenters. The van der Waals surface area contributed by atoms with Crippen LogP contribution in [0.3, 0.4) is 0 Å². The number of hydrogen-bond acceptors (Lipinski definition) is 5. The second-order valence-electron chi connectivity index (χ2n) is 7.09. The van der Waals surface area contributed by atoms with Crippen LogP contribution >= 0.6 is 12.2 Å². The Balaban J connectivity index is 1.58. The van der Waals surface area contributed by atoms with Gasteiger partial charge in [0.15, 0.2) is 5.11 Å². The lowest BCUT2D eigenvalue weighted by Crippen LogP contribution is -2.34. The minimum Gasteiger partial charge on any atom is -0.493 e. The maximum absolute atomic E-state index is 12.6. The number of carbonyl (C=O) groups is 1. The van der Waals surface area contributed by atoms with Crippen molar-refractivity contribution >= 4 is 38.9 Å². The van der Waals surface area contributed by atoms with Gasteiger partial charge in [-0.2, -0.15) is 0 Å². The van der Waals surface area contributed by atoms with Gasteiger partial charge in [0.1, 0.15) is 5.75 Å². The highest BCUT2D eigenvalue weighted by Gasteiger charge is 2.15. The quantitative estimate of drug-likeness (QED) is 0.397. The molecule has 0 saturated carbocycles. The number of thiocarbonyl (C=S) groups is 1. The summed E-state index contributed by atoms with van der Waals surface area (Å²) in [6.07, 6.45) is 0.823. The van der Waals surface area contributed by atoms with Crippen LogP contribution in [0.4, 0.5) is 5.69 Å². The molecule has 7 nitrogen and oxygen atoms in total. The molecular weight excluding hydrogens is 458 g/mol. The molecule has 3 N–H and O–H groups in total. The van der Waals surface area contributed by atoms with E-state index in [1.165, 1.54) is 12.1 Å². The number of carbonyl (C=O) groups excluding carboxylic acids is 1. The number of sulfonamides is 1. The molecular formula is C24H25N3O4S2. The Kier molecular flexibility index (Phi) is 8.53. The van der Waals surface area contributed by atoms with E-state index in [0.717, 1.165) is 12.0 Å². The first kappa shape index (κ1) is 24.4. The van der Waals surface area contributed by atoms with E-state index in [4.69, 9.17) is 17.0 Å². The Morgan fingerprint density at radius 3 is 2.30 bits per heavy atom. The molecule has 3 aromatic carbocycles. The Morgan fingerprint density at radius 1 is 0.939 bits per heavy atom. The highest BCUT2D eigenvalue weighted by molar-refractivity contribution is 7.89. The summed E-state index contributed by atoms with van der Waals surface area (Å²) in [6.45, 7) is 2.68. The molecule has 3 rings (SSSR count). The molecule has 0 aliphatic heterocycles. The summed E-state index contributed by atoms with van der Waals surface area (Å²) in [4.78, 5) is 12.7. The molecule has 0 radical (unpaired) electrons. The Labute approximate surface area is 199 Å². The lowest BCUT2D eigenvalue weighted by atomic mass is 10.2. The van der Waals surface area contributed by atoms with Crippen molar-refractivity contribution in [2.45, 2.75) is 24.8 Å². The van der Waals surface area contributed by atoms with E-state index in [2.05, 4.69) is 15.4 Å². The van der Waals surface area contributed by atoms with Gasteiger partial charge in [-0.25, -0.2) is 13.1 Å². The summed E-state index contributed by atoms with van der Waals surface area (Å²) < 4.78 is 33.2. The van der Waals surface area contributed by atoms with Crippen molar-refractivity contribution in [1.82, 2.24) is 10.0 Å². The Hall–Kier alpha value is -3.27. The van der Waals surface area contributed by atoms with Crippen molar-refractivity contribution < 1.29 is 17.9 Å². The first-order valence-electron chi connectivity index (χ1n) is 10.4. The number of benzene rings is 3. The third kappa shape index (κ3) is 7.11. The highest BCUT2D eigenvalue weighted by atomic mass is 32.2. The molecule has 172 valence electrons. The minimum absolute atomic E-state index is 0.0862. The third-order valence-corrected chi connectivity index (χ3v) is 6.17. The van der Waals surface area contributed by atoms with Crippen LogP contribution < -0.4 is 20.1 Å². The fraction of sp³-hybridized carbons (Fsp3) is 0.167. The second-order valence-corrected chi connectivity index (χ2v) is 9.26. The van der Waals surface area contributed by atoms with Crippen LogP contribution in [-0.4, -0.2) is 26.0 Å². The first-order valence-corrected chi connectivity index (χ1v) is 12.3. The van der Waals surface area contributed by atoms with Crippen LogP contribution in [-0.2, 0) is 16.6 Å². The maximum Gasteiger partial charge on any atom is 0.261 e. The van der Waals surface area contributed by atoms with E-state index in [0.29, 0.717) is 23.6 Å². The fourth-order valence-corrected chi connectivity index (χ4v) is 4.13. The number of amides is 1. The number of anilines is 1. The van der Waals surface area contributed by atoms with Gasteiger partial charge in [0.05, 0.1) is 17.1 Å². The van der Waals surface area contributed by atoms with Crippen molar-refractivity contribution in [3.05, 3.63) is 90.0 Å². The predicted octanol–water partition coefficient (Wildman–Crippen LogP) is 4.08. The second kappa shape index (κ2) is 11.6. The van der Waals surface area contributed by atoms with Crippen LogP contribution in [0.15, 0.2) is 83.8 Å². The fourth-order valence-electron chi connectivity index (χ4n) is 2.90. The van der Waals surface area contributed by atoms with Gasteiger partial charge in [-0.15, -0.1) is 0 Å². The van der Waals surface area contributed by atoms with Crippen LogP contribution in [0.5, 0.6) is 5.75 Å². The maximum atomic E-state index is 12.6. The highest BCUT2D eigenvalue weighted by Crippen LogP contribution is 2.18. The van der Waals surface area contributed by atoms with E-state index < -0.39 is 15.9 Å². The van der Waals surface area contributed by atoms with E-state index in [-0.39, 0.29) is 16.6 Å². The van der Waals surface area contributed by atoms with Gasteiger partial charge in [-0.05, 0) is 60.6 Å². The van der Waals surface area contributed by atoms with Gasteiger partial charge in [0.2, 0.25) is 10.0 Å². The lowest BCUT2D eigenvalue weighted by molar-refractivity contribution is 0.0973. The summed E-state index contributed by atoms with van der Waals surface area (Å²) in [6, 6.07) is 22.3. The molecule has 0 aromatic heterocycles. The normalized spacial score (nSPS) is 10.9. The molecule has 1 amide bonds. The molecule has 3 aromatic rings. The van der Waals surface area contributed by atoms with E-state index in [1.807, 2.05) is 37.3 Å². The predicted molar refractivity (Wildman–Crippen MR) is 133 cm³/mol. The molecule has 0 bridgehead atoms. The van der Waals surface area contributed by atoms with E-state index in [1.54, 1.807) is 36.4 Å². The third-order valence-electron chi connectivity index (χ3n) is 4.55. The first-order chi connectivity index (χ1) is 15.9. The standard InChI is InChI=1S/C24H25N3O4S2/c1-2-16-31-22-11-7-6-10-21(22)23(28)27-24(32)26-19-12-14-20(15-13-19)33(29,30)25-17-18-8-4-3-5-9-18/h3-15,25H,2,16-17H2,1H3,(H2,26,27,28,32). The zero-order chi connectivity index (χ0) is 23.7. The number of para-hydroxylation sites is 1. The summed E-state index contributed by atoms with van der Waals surface area (Å²) in [5.41, 5.74) is 1.78. The number of rotatable bonds is 9. The molecule has 0 aliphatic carbocycles. The Morgan fingerprint density at radius 2 is 1.61 bits per heavy atom. The smallest absolute Gasteiger partial charge is 0.261 e. The Bertz CT molecular complexity index is 1200. The number of hydrogen-bond donors (Lipinski definition) is 3. The lowest BCUT2D eigenvalue weighted by Gasteiger charge is -2.13. The zero-order valence-corrected chi connectivity index (χ0v) is 19.7. The summed E-state index contributed by atoms with van der Waals surface area (Å²) in [5.74, 6) is 0.0840. The van der Waals surface area contributed by atoms with Gasteiger partial charge in [-0.1, -0.05) is 49.4 Å². The van der Waals surface area contributed by atoms with Crippen molar-refractivity contribution in [3.63, 3.8) is 0 Å². The molecule has 0 spiro atoms. The van der Waals surface area contributed by atoms with Gasteiger partial charge in [0.25, 0.3) is 5.91 Å². The van der Waals surface area contributed by atoms with Crippen molar-refractivity contribution in [2.24, 2.45) is 0 Å². The molecule has 0 aliphatic rings. The van der Waals surface area contributed by atoms with Crippen LogP contribution in [0.1, 0.15) is 29.3 Å². The molecule has 0 fully saturated rings. The van der Waals surface area contributed by atoms with E-state index >= 15 is 0 Å². The van der Waals surface area contributed by atoms with Crippen LogP contribution in [0.25, 0.3) is 0 Å². The monoisotopic (exact) mass is 483 g/mol. The largest absolute Gasteiger partial charge is 0.493 e. The van der Waals surface area contributed by atoms with Crippen molar-refractivity contribution in [1.29, 1.82) is 0 Å². The van der Waals surface area contributed by atoms with Gasteiger partial charge >= 0.3 is 0 Å². The SMILES string of the molecule is CCCOc1ccccc1C(=O)NC(=S)Nc1ccc(S(=O)(=O)NCc2ccccc2)cc1. The van der Waals surface area contributed by atoms with Crippen LogP contribution in [0.2, 0.25) is 0 Å². The molecule has 0 atom stereocenters. The van der Waals surface area contributed by atoms with E-state index in [9.17, 15) is 13.2 Å². The van der Waals surface area contributed by atoms with Crippen molar-refractivity contribution in [2.75, 3.05) is 11.9 Å². The molecule has 0 saturated heterocycles. The summed E-state index contributed by atoms with van der Waals surface area (Å²) >= 11 is 5.23. The summed E-state index contributed by atoms with van der Waals surface area (Å²) in [7, 11) is -3.67. The number of nitrogens with one attached hydrogen (secondary N) is 3. The summed E-state index contributed by atoms with van der Waals surface area (Å²) in [5, 5.41) is 5.59. The van der Waals surface area contributed by atoms with Gasteiger partial charge in [-0.3, -0.25) is 10.1 Å². The molecule has 0 heterocycles. The van der Waals surface area contributed by atoms with Gasteiger partial charge < -0.3 is 10.1 Å². The number of ether oxygens (including phenoxy) is 1. The van der Waals surface area contributed by atoms with Crippen LogP contribution in [0, 0.1) is 0 Å². The minimum atomic E-state index is -3.67. The van der Waals surface area contributed by atoms with Crippen molar-refractivity contribution in [3.8, 4) is 5.75 Å².